The van der Waals surface area contributed by atoms with Gasteiger partial charge in [0.25, 0.3) is 0 Å². The number of benzene rings is 1. The topological polar surface area (TPSA) is 34.9 Å². The van der Waals surface area contributed by atoms with Crippen LogP contribution in [0.15, 0.2) is 30.6 Å². The SMILES string of the molecule is CCn1cc(-c2cc(F)ccc2C=O)cn1. The second-order valence-corrected chi connectivity index (χ2v) is 3.43. The van der Waals surface area contributed by atoms with E-state index in [2.05, 4.69) is 5.10 Å². The predicted octanol–water partition coefficient (Wildman–Crippen LogP) is 2.52. The van der Waals surface area contributed by atoms with E-state index in [1.165, 1.54) is 18.2 Å². The summed E-state index contributed by atoms with van der Waals surface area (Å²) in [5.74, 6) is -0.357. The Bertz CT molecular complexity index is 519. The van der Waals surface area contributed by atoms with Gasteiger partial charge >= 0.3 is 0 Å². The number of carbonyl (C=O) groups excluding carboxylic acids is 1. The smallest absolute Gasteiger partial charge is 0.150 e. The Kier molecular flexibility index (Phi) is 2.81. The minimum atomic E-state index is -0.357. The molecule has 82 valence electrons. The summed E-state index contributed by atoms with van der Waals surface area (Å²) in [6.07, 6.45) is 4.14. The van der Waals surface area contributed by atoms with Crippen LogP contribution in [0.2, 0.25) is 0 Å². The summed E-state index contributed by atoms with van der Waals surface area (Å²) in [6.45, 7) is 2.70. The fraction of sp³-hybridized carbons (Fsp3) is 0.167. The average molecular weight is 218 g/mol. The van der Waals surface area contributed by atoms with Crippen molar-refractivity contribution in [2.45, 2.75) is 13.5 Å². The minimum Gasteiger partial charge on any atom is -0.298 e. The van der Waals surface area contributed by atoms with Gasteiger partial charge < -0.3 is 0 Å². The van der Waals surface area contributed by atoms with E-state index in [0.717, 1.165) is 18.4 Å². The number of rotatable bonds is 3. The fourth-order valence-corrected chi connectivity index (χ4v) is 1.56. The summed E-state index contributed by atoms with van der Waals surface area (Å²) in [6, 6.07) is 4.10. The fourth-order valence-electron chi connectivity index (χ4n) is 1.56. The summed E-state index contributed by atoms with van der Waals surface area (Å²) in [7, 11) is 0. The molecule has 4 heteroatoms. The monoisotopic (exact) mass is 218 g/mol. The van der Waals surface area contributed by atoms with Gasteiger partial charge in [-0.05, 0) is 30.7 Å². The van der Waals surface area contributed by atoms with Crippen molar-refractivity contribution in [2.75, 3.05) is 0 Å². The van der Waals surface area contributed by atoms with E-state index in [9.17, 15) is 9.18 Å². The molecule has 0 saturated carbocycles. The molecule has 0 saturated heterocycles. The van der Waals surface area contributed by atoms with E-state index in [1.807, 2.05) is 6.92 Å². The Morgan fingerprint density at radius 1 is 1.50 bits per heavy atom. The molecule has 2 rings (SSSR count). The van der Waals surface area contributed by atoms with Gasteiger partial charge in [-0.25, -0.2) is 4.39 Å². The first kappa shape index (κ1) is 10.5. The Hall–Kier alpha value is -1.97. The standard InChI is InChI=1S/C12H11FN2O/c1-2-15-7-10(6-14-15)12-5-11(13)4-3-9(12)8-16/h3-8H,2H2,1H3. The zero-order valence-corrected chi connectivity index (χ0v) is 8.85. The lowest BCUT2D eigenvalue weighted by molar-refractivity contribution is 0.112. The molecule has 0 N–H and O–H groups in total. The molecule has 0 aliphatic carbocycles. The van der Waals surface area contributed by atoms with Crippen LogP contribution in [0.5, 0.6) is 0 Å². The summed E-state index contributed by atoms with van der Waals surface area (Å²) in [4.78, 5) is 10.8. The van der Waals surface area contributed by atoms with E-state index in [1.54, 1.807) is 17.1 Å². The zero-order chi connectivity index (χ0) is 11.5. The second kappa shape index (κ2) is 4.26. The summed E-state index contributed by atoms with van der Waals surface area (Å²) < 4.78 is 14.8. The highest BCUT2D eigenvalue weighted by atomic mass is 19.1. The van der Waals surface area contributed by atoms with E-state index in [4.69, 9.17) is 0 Å². The molecule has 0 spiro atoms. The second-order valence-electron chi connectivity index (χ2n) is 3.43. The maximum atomic E-state index is 13.1. The van der Waals surface area contributed by atoms with Crippen molar-refractivity contribution in [3.8, 4) is 11.1 Å². The molecule has 0 amide bonds. The molecule has 0 fully saturated rings. The van der Waals surface area contributed by atoms with E-state index in [0.29, 0.717) is 11.1 Å². The number of carbonyl (C=O) groups is 1. The summed E-state index contributed by atoms with van der Waals surface area (Å²) in [5, 5.41) is 4.09. The number of nitrogens with zero attached hydrogens (tertiary/aromatic N) is 2. The van der Waals surface area contributed by atoms with Crippen molar-refractivity contribution in [1.82, 2.24) is 9.78 Å². The van der Waals surface area contributed by atoms with Gasteiger partial charge in [-0.1, -0.05) is 0 Å². The van der Waals surface area contributed by atoms with Crippen LogP contribution < -0.4 is 0 Å². The first-order valence-corrected chi connectivity index (χ1v) is 5.02. The molecule has 1 aromatic heterocycles. The van der Waals surface area contributed by atoms with Gasteiger partial charge in [-0.2, -0.15) is 5.10 Å². The van der Waals surface area contributed by atoms with Gasteiger partial charge in [0.15, 0.2) is 6.29 Å². The number of aryl methyl sites for hydroxylation is 1. The lowest BCUT2D eigenvalue weighted by atomic mass is 10.0. The summed E-state index contributed by atoms with van der Waals surface area (Å²) >= 11 is 0. The highest BCUT2D eigenvalue weighted by Crippen LogP contribution is 2.23. The van der Waals surface area contributed by atoms with Crippen molar-refractivity contribution in [3.63, 3.8) is 0 Å². The van der Waals surface area contributed by atoms with Crippen LogP contribution in [-0.2, 0) is 6.54 Å². The molecule has 2 aromatic rings. The molecule has 1 heterocycles. The maximum absolute atomic E-state index is 13.1. The van der Waals surface area contributed by atoms with Crippen molar-refractivity contribution in [1.29, 1.82) is 0 Å². The third-order valence-electron chi connectivity index (χ3n) is 2.41. The Balaban J connectivity index is 2.53. The van der Waals surface area contributed by atoms with Crippen LogP contribution in [0, 0.1) is 5.82 Å². The van der Waals surface area contributed by atoms with Crippen LogP contribution >= 0.6 is 0 Å². The van der Waals surface area contributed by atoms with Crippen LogP contribution in [0.1, 0.15) is 17.3 Å². The molecule has 0 aliphatic rings. The molecular formula is C12H11FN2O. The normalized spacial score (nSPS) is 10.4. The third-order valence-corrected chi connectivity index (χ3v) is 2.41. The number of hydrogen-bond acceptors (Lipinski definition) is 2. The Morgan fingerprint density at radius 2 is 2.31 bits per heavy atom. The lowest BCUT2D eigenvalue weighted by Gasteiger charge is -2.01. The number of halogens is 1. The van der Waals surface area contributed by atoms with Gasteiger partial charge in [-0.3, -0.25) is 9.48 Å². The van der Waals surface area contributed by atoms with Crippen LogP contribution in [-0.4, -0.2) is 16.1 Å². The molecule has 3 nitrogen and oxygen atoms in total. The third kappa shape index (κ3) is 1.86. The van der Waals surface area contributed by atoms with Crippen molar-refractivity contribution in [2.24, 2.45) is 0 Å². The average Bonchev–Trinajstić information content (AvgIpc) is 2.77. The van der Waals surface area contributed by atoms with Crippen molar-refractivity contribution >= 4 is 6.29 Å². The maximum Gasteiger partial charge on any atom is 0.150 e. The van der Waals surface area contributed by atoms with Gasteiger partial charge in [0.2, 0.25) is 0 Å². The van der Waals surface area contributed by atoms with E-state index < -0.39 is 0 Å². The molecule has 0 radical (unpaired) electrons. The van der Waals surface area contributed by atoms with Gasteiger partial charge in [0.05, 0.1) is 6.20 Å². The molecule has 16 heavy (non-hydrogen) atoms. The van der Waals surface area contributed by atoms with E-state index in [-0.39, 0.29) is 5.82 Å². The molecule has 0 atom stereocenters. The molecule has 0 bridgehead atoms. The Morgan fingerprint density at radius 3 is 2.94 bits per heavy atom. The van der Waals surface area contributed by atoms with Gasteiger partial charge in [0, 0.05) is 23.9 Å². The molecular weight excluding hydrogens is 207 g/mol. The first-order valence-electron chi connectivity index (χ1n) is 5.02. The zero-order valence-electron chi connectivity index (χ0n) is 8.85. The first-order chi connectivity index (χ1) is 7.74. The largest absolute Gasteiger partial charge is 0.298 e. The number of aromatic nitrogens is 2. The highest BCUT2D eigenvalue weighted by molar-refractivity contribution is 5.87. The van der Waals surface area contributed by atoms with Crippen molar-refractivity contribution < 1.29 is 9.18 Å². The molecule has 1 aromatic carbocycles. The van der Waals surface area contributed by atoms with Crippen LogP contribution in [0.25, 0.3) is 11.1 Å². The van der Waals surface area contributed by atoms with Gasteiger partial charge in [0.1, 0.15) is 5.82 Å². The van der Waals surface area contributed by atoms with Crippen LogP contribution in [0.4, 0.5) is 4.39 Å². The molecule has 0 unspecified atom stereocenters. The molecule has 0 aliphatic heterocycles. The number of hydrogen-bond donors (Lipinski definition) is 0. The number of aldehydes is 1. The van der Waals surface area contributed by atoms with Crippen molar-refractivity contribution in [3.05, 3.63) is 42.0 Å². The van der Waals surface area contributed by atoms with Crippen LogP contribution in [0.3, 0.4) is 0 Å². The van der Waals surface area contributed by atoms with E-state index >= 15 is 0 Å². The minimum absolute atomic E-state index is 0.357. The summed E-state index contributed by atoms with van der Waals surface area (Å²) in [5.41, 5.74) is 1.80. The Labute approximate surface area is 92.5 Å². The predicted molar refractivity (Wildman–Crippen MR) is 58.7 cm³/mol. The highest BCUT2D eigenvalue weighted by Gasteiger charge is 2.08. The quantitative estimate of drug-likeness (QED) is 0.742. The van der Waals surface area contributed by atoms with Gasteiger partial charge in [-0.15, -0.1) is 0 Å². The lowest BCUT2D eigenvalue weighted by Crippen LogP contribution is -1.92.